The van der Waals surface area contributed by atoms with Crippen LogP contribution in [0.2, 0.25) is 10.0 Å². The molecule has 6 rings (SSSR count). The first-order valence-corrected chi connectivity index (χ1v) is 15.0. The summed E-state index contributed by atoms with van der Waals surface area (Å²) >= 11 is 13.9. The van der Waals surface area contributed by atoms with Crippen molar-refractivity contribution < 1.29 is 14.4 Å². The SMILES string of the molecule is CC(c1ccc(Cl)cc1)N1C(=O)CC(Sc2ccccc2)(C(=O)N2CCNC(=O)C2)C1c1c[nH]c2cc(Cl)ccc12. The zero-order valence-electron chi connectivity index (χ0n) is 22.3. The van der Waals surface area contributed by atoms with Gasteiger partial charge in [-0.1, -0.05) is 59.6 Å². The maximum absolute atomic E-state index is 14.8. The van der Waals surface area contributed by atoms with Gasteiger partial charge in [-0.05, 0) is 48.9 Å². The molecule has 1 aromatic heterocycles. The molecule has 2 N–H and O–H groups in total. The summed E-state index contributed by atoms with van der Waals surface area (Å²) in [6.07, 6.45) is 1.86. The summed E-state index contributed by atoms with van der Waals surface area (Å²) in [6, 6.07) is 21.6. The number of rotatable bonds is 6. The highest BCUT2D eigenvalue weighted by Crippen LogP contribution is 2.56. The van der Waals surface area contributed by atoms with Crippen molar-refractivity contribution in [3.63, 3.8) is 0 Å². The number of carbonyl (C=O) groups excluding carboxylic acids is 3. The van der Waals surface area contributed by atoms with Crippen molar-refractivity contribution in [1.29, 1.82) is 0 Å². The number of amides is 3. The van der Waals surface area contributed by atoms with Crippen LogP contribution in [0.3, 0.4) is 0 Å². The maximum Gasteiger partial charge on any atom is 0.242 e. The lowest BCUT2D eigenvalue weighted by atomic mass is 9.89. The Morgan fingerprint density at radius 1 is 1.02 bits per heavy atom. The first-order valence-electron chi connectivity index (χ1n) is 13.4. The van der Waals surface area contributed by atoms with Crippen LogP contribution in [0.15, 0.2) is 83.9 Å². The smallest absolute Gasteiger partial charge is 0.242 e. The molecule has 3 unspecified atom stereocenters. The second-order valence-corrected chi connectivity index (χ2v) is 12.7. The minimum Gasteiger partial charge on any atom is -0.361 e. The Hall–Kier alpha value is -3.46. The van der Waals surface area contributed by atoms with Gasteiger partial charge in [0.2, 0.25) is 17.7 Å². The van der Waals surface area contributed by atoms with Crippen molar-refractivity contribution in [2.45, 2.75) is 35.1 Å². The van der Waals surface area contributed by atoms with E-state index >= 15 is 0 Å². The zero-order valence-corrected chi connectivity index (χ0v) is 24.6. The molecule has 210 valence electrons. The lowest BCUT2D eigenvalue weighted by Gasteiger charge is -2.41. The third-order valence-electron chi connectivity index (χ3n) is 7.89. The van der Waals surface area contributed by atoms with E-state index < -0.39 is 10.8 Å². The highest BCUT2D eigenvalue weighted by atomic mass is 35.5. The number of nitrogens with one attached hydrogen (secondary N) is 2. The van der Waals surface area contributed by atoms with Gasteiger partial charge in [-0.2, -0.15) is 0 Å². The highest BCUT2D eigenvalue weighted by Gasteiger charge is 2.61. The van der Waals surface area contributed by atoms with Crippen molar-refractivity contribution in [3.05, 3.63) is 100 Å². The van der Waals surface area contributed by atoms with Crippen LogP contribution in [-0.2, 0) is 14.4 Å². The second-order valence-electron chi connectivity index (χ2n) is 10.4. The number of piperazine rings is 1. The predicted octanol–water partition coefficient (Wildman–Crippen LogP) is 6.00. The van der Waals surface area contributed by atoms with E-state index in [1.54, 1.807) is 17.0 Å². The molecule has 10 heteroatoms. The van der Waals surface area contributed by atoms with E-state index in [-0.39, 0.29) is 36.7 Å². The molecule has 3 heterocycles. The first-order chi connectivity index (χ1) is 19.8. The number of fused-ring (bicyclic) bond motifs is 1. The molecule has 3 atom stereocenters. The summed E-state index contributed by atoms with van der Waals surface area (Å²) in [6.45, 7) is 2.67. The third kappa shape index (κ3) is 5.09. The summed E-state index contributed by atoms with van der Waals surface area (Å²) in [7, 11) is 0. The summed E-state index contributed by atoms with van der Waals surface area (Å²) in [5.74, 6) is -0.578. The number of halogens is 2. The lowest BCUT2D eigenvalue weighted by molar-refractivity contribution is -0.140. The fraction of sp³-hybridized carbons (Fsp3) is 0.258. The summed E-state index contributed by atoms with van der Waals surface area (Å²) in [5.41, 5.74) is 2.54. The number of thioether (sulfide) groups is 1. The molecule has 0 saturated carbocycles. The highest BCUT2D eigenvalue weighted by molar-refractivity contribution is 8.01. The molecule has 41 heavy (non-hydrogen) atoms. The molecule has 2 saturated heterocycles. The average Bonchev–Trinajstić information content (AvgIpc) is 3.50. The number of carbonyl (C=O) groups is 3. The zero-order chi connectivity index (χ0) is 28.7. The van der Waals surface area contributed by atoms with Crippen LogP contribution in [-0.4, -0.2) is 56.9 Å². The Morgan fingerprint density at radius 3 is 2.49 bits per heavy atom. The largest absolute Gasteiger partial charge is 0.361 e. The van der Waals surface area contributed by atoms with Crippen LogP contribution in [0, 0.1) is 0 Å². The molecule has 7 nitrogen and oxygen atoms in total. The van der Waals surface area contributed by atoms with Crippen molar-refractivity contribution in [2.75, 3.05) is 19.6 Å². The number of nitrogens with zero attached hydrogens (tertiary/aromatic N) is 2. The monoisotopic (exact) mass is 606 g/mol. The maximum atomic E-state index is 14.8. The van der Waals surface area contributed by atoms with E-state index in [1.165, 1.54) is 11.8 Å². The Kier molecular flexibility index (Phi) is 7.49. The fourth-order valence-electron chi connectivity index (χ4n) is 5.98. The molecule has 2 aliphatic rings. The molecule has 2 fully saturated rings. The van der Waals surface area contributed by atoms with Gasteiger partial charge in [-0.25, -0.2) is 0 Å². The number of hydrogen-bond donors (Lipinski definition) is 2. The van der Waals surface area contributed by atoms with Gasteiger partial charge in [-0.15, -0.1) is 11.8 Å². The van der Waals surface area contributed by atoms with E-state index in [0.29, 0.717) is 23.1 Å². The molecule has 0 aliphatic carbocycles. The molecule has 3 aromatic carbocycles. The Labute approximate surface area is 252 Å². The normalized spacial score (nSPS) is 21.8. The van der Waals surface area contributed by atoms with Gasteiger partial charge in [0.15, 0.2) is 0 Å². The lowest BCUT2D eigenvalue weighted by Crippen LogP contribution is -2.57. The Morgan fingerprint density at radius 2 is 1.76 bits per heavy atom. The van der Waals surface area contributed by atoms with Crippen LogP contribution in [0.1, 0.15) is 36.6 Å². The third-order valence-corrected chi connectivity index (χ3v) is 9.79. The Balaban J connectivity index is 1.56. The van der Waals surface area contributed by atoms with Crippen LogP contribution in [0.4, 0.5) is 0 Å². The van der Waals surface area contributed by atoms with Gasteiger partial charge >= 0.3 is 0 Å². The minimum atomic E-state index is -1.24. The molecule has 0 bridgehead atoms. The quantitative estimate of drug-likeness (QED) is 0.282. The van der Waals surface area contributed by atoms with Crippen molar-refractivity contribution in [1.82, 2.24) is 20.1 Å². The summed E-state index contributed by atoms with van der Waals surface area (Å²) < 4.78 is -1.24. The molecule has 3 amide bonds. The predicted molar refractivity (Wildman–Crippen MR) is 162 cm³/mol. The van der Waals surface area contributed by atoms with E-state index in [2.05, 4.69) is 10.3 Å². The van der Waals surface area contributed by atoms with Crippen LogP contribution >= 0.6 is 35.0 Å². The van der Waals surface area contributed by atoms with E-state index in [4.69, 9.17) is 23.2 Å². The van der Waals surface area contributed by atoms with Gasteiger partial charge < -0.3 is 20.1 Å². The van der Waals surface area contributed by atoms with Crippen molar-refractivity contribution >= 4 is 63.6 Å². The van der Waals surface area contributed by atoms with Crippen molar-refractivity contribution in [3.8, 4) is 0 Å². The molecular formula is C31H28Cl2N4O3S. The van der Waals surface area contributed by atoms with E-state index in [9.17, 15) is 14.4 Å². The average molecular weight is 608 g/mol. The Bertz CT molecular complexity index is 1630. The van der Waals surface area contributed by atoms with Gasteiger partial charge in [0.25, 0.3) is 0 Å². The van der Waals surface area contributed by atoms with Gasteiger partial charge in [0.1, 0.15) is 4.75 Å². The topological polar surface area (TPSA) is 85.5 Å². The summed E-state index contributed by atoms with van der Waals surface area (Å²) in [5, 5.41) is 4.87. The fourth-order valence-corrected chi connectivity index (χ4v) is 7.75. The van der Waals surface area contributed by atoms with Gasteiger partial charge in [-0.3, -0.25) is 14.4 Å². The van der Waals surface area contributed by atoms with Crippen LogP contribution in [0.25, 0.3) is 10.9 Å². The molecule has 0 radical (unpaired) electrons. The molecule has 4 aromatic rings. The minimum absolute atomic E-state index is 0.0215. The van der Waals surface area contributed by atoms with Gasteiger partial charge in [0, 0.05) is 50.7 Å². The number of aromatic nitrogens is 1. The second kappa shape index (κ2) is 11.1. The van der Waals surface area contributed by atoms with Gasteiger partial charge in [0.05, 0.1) is 25.0 Å². The number of aromatic amines is 1. The number of hydrogen-bond acceptors (Lipinski definition) is 4. The van der Waals surface area contributed by atoms with Crippen molar-refractivity contribution in [2.24, 2.45) is 0 Å². The van der Waals surface area contributed by atoms with Crippen LogP contribution in [0.5, 0.6) is 0 Å². The molecule has 0 spiro atoms. The molecule has 2 aliphatic heterocycles. The standard InChI is InChI=1S/C31H28Cl2N4O3S/c1-19(20-7-9-21(32)10-8-20)37-28(39)16-31(41-23-5-3-2-4-6-23,30(40)36-14-13-34-27(38)18-36)29(37)25-17-35-26-15-22(33)11-12-24(25)26/h2-12,15,17,19,29,35H,13-14,16,18H2,1H3,(H,34,38). The first kappa shape index (κ1) is 27.7. The molecular weight excluding hydrogens is 579 g/mol. The van der Waals surface area contributed by atoms with E-state index in [1.807, 2.05) is 78.7 Å². The number of benzene rings is 3. The number of likely N-dealkylation sites (tertiary alicyclic amines) is 1. The van der Waals surface area contributed by atoms with Crippen LogP contribution < -0.4 is 5.32 Å². The summed E-state index contributed by atoms with van der Waals surface area (Å²) in [4.78, 5) is 49.0. The van der Waals surface area contributed by atoms with E-state index in [0.717, 1.165) is 26.9 Å². The number of H-pyrrole nitrogens is 1.